The Labute approximate surface area is 81.4 Å². The van der Waals surface area contributed by atoms with Crippen molar-refractivity contribution in [3.63, 3.8) is 0 Å². The molecule has 2 atom stereocenters. The molecule has 0 spiro atoms. The van der Waals surface area contributed by atoms with E-state index in [0.29, 0.717) is 12.2 Å². The van der Waals surface area contributed by atoms with Crippen molar-refractivity contribution in [3.05, 3.63) is 0 Å². The van der Waals surface area contributed by atoms with E-state index in [1.165, 1.54) is 13.0 Å². The molecular weight excluding hydrogens is 164 g/mol. The van der Waals surface area contributed by atoms with Crippen LogP contribution in [0, 0.1) is 0 Å². The summed E-state index contributed by atoms with van der Waals surface area (Å²) in [6, 6.07) is 0. The molecule has 3 nitrogen and oxygen atoms in total. The van der Waals surface area contributed by atoms with Gasteiger partial charge in [-0.3, -0.25) is 4.90 Å². The molecule has 1 saturated heterocycles. The Morgan fingerprint density at radius 3 is 2.46 bits per heavy atom. The van der Waals surface area contributed by atoms with Gasteiger partial charge in [0.15, 0.2) is 0 Å². The van der Waals surface area contributed by atoms with E-state index in [4.69, 9.17) is 4.74 Å². The number of nitrogens with one attached hydrogen (secondary N) is 1. The summed E-state index contributed by atoms with van der Waals surface area (Å²) in [5.74, 6) is 0. The first-order valence-corrected chi connectivity index (χ1v) is 5.24. The van der Waals surface area contributed by atoms with Crippen LogP contribution < -0.4 is 5.32 Å². The van der Waals surface area contributed by atoms with E-state index in [1.807, 2.05) is 7.05 Å². The van der Waals surface area contributed by atoms with E-state index in [2.05, 4.69) is 24.1 Å². The number of hydrogen-bond acceptors (Lipinski definition) is 3. The Morgan fingerprint density at radius 2 is 1.92 bits per heavy atom. The third kappa shape index (κ3) is 4.07. The van der Waals surface area contributed by atoms with Crippen LogP contribution in [0.2, 0.25) is 0 Å². The van der Waals surface area contributed by atoms with Crippen LogP contribution >= 0.6 is 0 Å². The van der Waals surface area contributed by atoms with Gasteiger partial charge in [0, 0.05) is 13.1 Å². The number of ether oxygens (including phenoxy) is 1. The highest BCUT2D eigenvalue weighted by Gasteiger charge is 2.21. The molecular formula is C10H22N2O. The summed E-state index contributed by atoms with van der Waals surface area (Å²) in [5.41, 5.74) is 0. The van der Waals surface area contributed by atoms with Crippen LogP contribution in [0.5, 0.6) is 0 Å². The van der Waals surface area contributed by atoms with E-state index < -0.39 is 0 Å². The topological polar surface area (TPSA) is 24.5 Å². The Balaban J connectivity index is 2.17. The minimum absolute atomic E-state index is 0.401. The summed E-state index contributed by atoms with van der Waals surface area (Å²) in [6.07, 6.45) is 2.03. The van der Waals surface area contributed by atoms with Crippen LogP contribution in [0.3, 0.4) is 0 Å². The van der Waals surface area contributed by atoms with Crippen molar-refractivity contribution in [3.8, 4) is 0 Å². The fourth-order valence-electron chi connectivity index (χ4n) is 1.95. The number of hydrogen-bond donors (Lipinski definition) is 1. The van der Waals surface area contributed by atoms with Gasteiger partial charge in [-0.1, -0.05) is 0 Å². The van der Waals surface area contributed by atoms with Gasteiger partial charge in [-0.25, -0.2) is 0 Å². The molecule has 2 unspecified atom stereocenters. The molecule has 1 aliphatic heterocycles. The summed E-state index contributed by atoms with van der Waals surface area (Å²) >= 11 is 0. The zero-order chi connectivity index (χ0) is 9.68. The van der Waals surface area contributed by atoms with Crippen LogP contribution in [0.1, 0.15) is 20.3 Å². The first-order chi connectivity index (χ1) is 6.22. The van der Waals surface area contributed by atoms with Gasteiger partial charge in [-0.15, -0.1) is 0 Å². The number of rotatable bonds is 4. The molecule has 0 aromatic rings. The van der Waals surface area contributed by atoms with Crippen molar-refractivity contribution < 1.29 is 4.74 Å². The predicted molar refractivity (Wildman–Crippen MR) is 55.0 cm³/mol. The smallest absolute Gasteiger partial charge is 0.0678 e. The highest BCUT2D eigenvalue weighted by Crippen LogP contribution is 2.10. The lowest BCUT2D eigenvalue weighted by Gasteiger charge is -2.35. The van der Waals surface area contributed by atoms with E-state index in [1.54, 1.807) is 0 Å². The Bertz CT molecular complexity index is 131. The van der Waals surface area contributed by atoms with Gasteiger partial charge in [0.1, 0.15) is 0 Å². The molecule has 0 saturated carbocycles. The summed E-state index contributed by atoms with van der Waals surface area (Å²) < 4.78 is 5.67. The summed E-state index contributed by atoms with van der Waals surface area (Å²) in [4.78, 5) is 2.50. The zero-order valence-electron chi connectivity index (χ0n) is 9.05. The summed E-state index contributed by atoms with van der Waals surface area (Å²) in [5, 5.41) is 3.17. The van der Waals surface area contributed by atoms with Gasteiger partial charge in [-0.2, -0.15) is 0 Å². The molecule has 0 aliphatic carbocycles. The van der Waals surface area contributed by atoms with Crippen molar-refractivity contribution in [2.24, 2.45) is 0 Å². The first-order valence-electron chi connectivity index (χ1n) is 5.24. The quantitative estimate of drug-likeness (QED) is 0.654. The van der Waals surface area contributed by atoms with Crippen molar-refractivity contribution in [1.82, 2.24) is 10.2 Å². The summed E-state index contributed by atoms with van der Waals surface area (Å²) in [7, 11) is 2.00. The van der Waals surface area contributed by atoms with E-state index in [-0.39, 0.29) is 0 Å². The fraction of sp³-hybridized carbons (Fsp3) is 1.00. The molecule has 0 amide bonds. The molecule has 1 rings (SSSR count). The lowest BCUT2D eigenvalue weighted by molar-refractivity contribution is -0.0679. The minimum Gasteiger partial charge on any atom is -0.373 e. The molecule has 0 bridgehead atoms. The number of nitrogens with zero attached hydrogens (tertiary/aromatic N) is 1. The predicted octanol–water partition coefficient (Wildman–Crippen LogP) is 0.705. The molecule has 0 aromatic carbocycles. The maximum absolute atomic E-state index is 5.67. The third-order valence-electron chi connectivity index (χ3n) is 2.40. The van der Waals surface area contributed by atoms with Crippen LogP contribution in [0.15, 0.2) is 0 Å². The SMILES string of the molecule is CNCCCN1CC(C)OC(C)C1. The van der Waals surface area contributed by atoms with Gasteiger partial charge in [0.05, 0.1) is 12.2 Å². The fourth-order valence-corrected chi connectivity index (χ4v) is 1.95. The van der Waals surface area contributed by atoms with Crippen molar-refractivity contribution in [2.45, 2.75) is 32.5 Å². The number of morpholine rings is 1. The Hall–Kier alpha value is -0.120. The van der Waals surface area contributed by atoms with E-state index in [9.17, 15) is 0 Å². The second kappa shape index (κ2) is 5.58. The molecule has 13 heavy (non-hydrogen) atoms. The molecule has 1 heterocycles. The van der Waals surface area contributed by atoms with Gasteiger partial charge in [0.25, 0.3) is 0 Å². The first kappa shape index (κ1) is 11.0. The molecule has 1 aliphatic rings. The summed E-state index contributed by atoms with van der Waals surface area (Å²) in [6.45, 7) is 8.79. The van der Waals surface area contributed by atoms with Gasteiger partial charge in [-0.05, 0) is 40.4 Å². The Kier molecular flexibility index (Phi) is 4.70. The maximum atomic E-state index is 5.67. The molecule has 78 valence electrons. The van der Waals surface area contributed by atoms with E-state index in [0.717, 1.165) is 19.6 Å². The van der Waals surface area contributed by atoms with E-state index >= 15 is 0 Å². The second-order valence-electron chi connectivity index (χ2n) is 3.97. The third-order valence-corrected chi connectivity index (χ3v) is 2.40. The highest BCUT2D eigenvalue weighted by atomic mass is 16.5. The minimum atomic E-state index is 0.401. The highest BCUT2D eigenvalue weighted by molar-refractivity contribution is 4.72. The normalized spacial score (nSPS) is 30.7. The molecule has 0 radical (unpaired) electrons. The van der Waals surface area contributed by atoms with Gasteiger partial charge < -0.3 is 10.1 Å². The lowest BCUT2D eigenvalue weighted by Crippen LogP contribution is -2.46. The van der Waals surface area contributed by atoms with Gasteiger partial charge >= 0.3 is 0 Å². The van der Waals surface area contributed by atoms with Crippen LogP contribution in [-0.4, -0.2) is 50.3 Å². The maximum Gasteiger partial charge on any atom is 0.0678 e. The van der Waals surface area contributed by atoms with Crippen LogP contribution in [0.25, 0.3) is 0 Å². The molecule has 0 aromatic heterocycles. The van der Waals surface area contributed by atoms with Crippen molar-refractivity contribution >= 4 is 0 Å². The van der Waals surface area contributed by atoms with Crippen LogP contribution in [0.4, 0.5) is 0 Å². The molecule has 1 N–H and O–H groups in total. The standard InChI is InChI=1S/C10H22N2O/c1-9-7-12(6-4-5-11-3)8-10(2)13-9/h9-11H,4-8H2,1-3H3. The van der Waals surface area contributed by atoms with Crippen molar-refractivity contribution in [2.75, 3.05) is 33.2 Å². The van der Waals surface area contributed by atoms with Gasteiger partial charge in [0.2, 0.25) is 0 Å². The Morgan fingerprint density at radius 1 is 1.31 bits per heavy atom. The van der Waals surface area contributed by atoms with Crippen molar-refractivity contribution in [1.29, 1.82) is 0 Å². The van der Waals surface area contributed by atoms with Crippen LogP contribution in [-0.2, 0) is 4.74 Å². The second-order valence-corrected chi connectivity index (χ2v) is 3.97. The zero-order valence-corrected chi connectivity index (χ0v) is 9.05. The monoisotopic (exact) mass is 186 g/mol. The molecule has 1 fully saturated rings. The lowest BCUT2D eigenvalue weighted by atomic mass is 10.2. The molecule has 3 heteroatoms. The average Bonchev–Trinajstić information content (AvgIpc) is 2.03. The average molecular weight is 186 g/mol. The largest absolute Gasteiger partial charge is 0.373 e.